The van der Waals surface area contributed by atoms with Crippen LogP contribution in [0.1, 0.15) is 50.9 Å². The Kier molecular flexibility index (Phi) is 5.95. The Balaban J connectivity index is 1.72. The van der Waals surface area contributed by atoms with Gasteiger partial charge in [-0.3, -0.25) is 4.98 Å². The number of esters is 1. The Bertz CT molecular complexity index is 583. The third kappa shape index (κ3) is 4.08. The first kappa shape index (κ1) is 19.3. The van der Waals surface area contributed by atoms with Crippen LogP contribution < -0.4 is 0 Å². The second kappa shape index (κ2) is 8.03. The lowest BCUT2D eigenvalue weighted by Crippen LogP contribution is -2.52. The van der Waals surface area contributed by atoms with Gasteiger partial charge in [0.15, 0.2) is 0 Å². The summed E-state index contributed by atoms with van der Waals surface area (Å²) in [6.07, 6.45) is 5.07. The Hall–Kier alpha value is -1.50. The number of hydrogen-bond acceptors (Lipinski definition) is 6. The fourth-order valence-corrected chi connectivity index (χ4v) is 3.74. The van der Waals surface area contributed by atoms with E-state index in [1.807, 2.05) is 0 Å². The molecule has 0 radical (unpaired) electrons. The molecule has 0 spiro atoms. The van der Waals surface area contributed by atoms with Crippen molar-refractivity contribution in [3.63, 3.8) is 0 Å². The molecule has 0 bridgehead atoms. The molecule has 2 aliphatic heterocycles. The fourth-order valence-electron chi connectivity index (χ4n) is 3.74. The number of carbonyl (C=O) groups excluding carboxylic acids is 1. The maximum absolute atomic E-state index is 12.3. The highest BCUT2D eigenvalue weighted by Crippen LogP contribution is 2.40. The lowest BCUT2D eigenvalue weighted by molar-refractivity contribution is -0.0739. The van der Waals surface area contributed by atoms with Crippen molar-refractivity contribution in [2.45, 2.75) is 58.5 Å². The number of pyridine rings is 1. The van der Waals surface area contributed by atoms with Crippen molar-refractivity contribution in [2.24, 2.45) is 11.8 Å². The minimum Gasteiger partial charge on any atom is -0.460 e. The van der Waals surface area contributed by atoms with E-state index in [4.69, 9.17) is 14.2 Å². The normalized spacial score (nSPS) is 25.0. The molecule has 6 heteroatoms. The highest BCUT2D eigenvalue weighted by molar-refractivity contribution is 5.88. The van der Waals surface area contributed by atoms with Crippen molar-refractivity contribution in [2.75, 3.05) is 19.8 Å². The first-order chi connectivity index (χ1) is 12.4. The second-order valence-corrected chi connectivity index (χ2v) is 8.24. The molecule has 2 aliphatic rings. The van der Waals surface area contributed by atoms with Crippen molar-refractivity contribution in [3.8, 4) is 0 Å². The van der Waals surface area contributed by atoms with E-state index in [1.54, 1.807) is 18.3 Å². The number of ether oxygens (including phenoxy) is 3. The molecular weight excluding hydrogens is 332 g/mol. The summed E-state index contributed by atoms with van der Waals surface area (Å²) < 4.78 is 17.9. The number of carbonyl (C=O) groups is 1. The van der Waals surface area contributed by atoms with Crippen molar-refractivity contribution < 1.29 is 19.0 Å². The zero-order valence-corrected chi connectivity index (χ0v) is 16.2. The van der Waals surface area contributed by atoms with Crippen molar-refractivity contribution in [1.82, 2.24) is 9.88 Å². The van der Waals surface area contributed by atoms with Crippen LogP contribution in [-0.4, -0.2) is 53.7 Å². The molecule has 1 aromatic rings. The number of hydrogen-bond donors (Lipinski definition) is 0. The standard InChI is InChI=1S/C20H30N2O4/c1-14(2)8-17-22-18(9-15(3)4)25-12-20(22,11-24-17)13-26-19(23)16-6-5-7-21-10-16/h5-7,10,14-15,17-18H,8-9,11-13H2,1-4H3/t17-,18-/m0/s1. The van der Waals surface area contributed by atoms with E-state index in [0.29, 0.717) is 30.6 Å². The molecule has 0 aliphatic carbocycles. The summed E-state index contributed by atoms with van der Waals surface area (Å²) >= 11 is 0. The van der Waals surface area contributed by atoms with Gasteiger partial charge in [0.2, 0.25) is 0 Å². The lowest BCUT2D eigenvalue weighted by Gasteiger charge is -2.34. The van der Waals surface area contributed by atoms with Gasteiger partial charge >= 0.3 is 5.97 Å². The molecule has 2 saturated heterocycles. The van der Waals surface area contributed by atoms with Crippen molar-refractivity contribution >= 4 is 5.97 Å². The minimum atomic E-state index is -0.392. The summed E-state index contributed by atoms with van der Waals surface area (Å²) in [6.45, 7) is 10.1. The zero-order chi connectivity index (χ0) is 18.7. The maximum atomic E-state index is 12.3. The van der Waals surface area contributed by atoms with Gasteiger partial charge in [0.25, 0.3) is 0 Å². The second-order valence-electron chi connectivity index (χ2n) is 8.24. The van der Waals surface area contributed by atoms with E-state index in [0.717, 1.165) is 12.8 Å². The average Bonchev–Trinajstić information content (AvgIpc) is 3.12. The van der Waals surface area contributed by atoms with E-state index in [2.05, 4.69) is 37.6 Å². The first-order valence-electron chi connectivity index (χ1n) is 9.50. The van der Waals surface area contributed by atoms with Crippen LogP contribution in [0.2, 0.25) is 0 Å². The van der Waals surface area contributed by atoms with Crippen LogP contribution in [0.5, 0.6) is 0 Å². The molecule has 6 nitrogen and oxygen atoms in total. The van der Waals surface area contributed by atoms with Gasteiger partial charge in [-0.15, -0.1) is 0 Å². The molecule has 0 saturated carbocycles. The van der Waals surface area contributed by atoms with E-state index >= 15 is 0 Å². The SMILES string of the molecule is CC(C)C[C@@H]1OCC2(COC(=O)c3cccnc3)CO[C@@H](CC(C)C)N12. The fraction of sp³-hybridized carbons (Fsp3) is 0.700. The van der Waals surface area contributed by atoms with Gasteiger partial charge in [-0.25, -0.2) is 9.69 Å². The van der Waals surface area contributed by atoms with E-state index in [9.17, 15) is 4.79 Å². The third-order valence-electron chi connectivity index (χ3n) is 4.97. The third-order valence-corrected chi connectivity index (χ3v) is 4.97. The molecule has 144 valence electrons. The first-order valence-corrected chi connectivity index (χ1v) is 9.50. The van der Waals surface area contributed by atoms with Crippen LogP contribution in [0.25, 0.3) is 0 Å². The highest BCUT2D eigenvalue weighted by atomic mass is 16.6. The Morgan fingerprint density at radius 2 is 1.85 bits per heavy atom. The smallest absolute Gasteiger partial charge is 0.339 e. The molecule has 2 atom stereocenters. The topological polar surface area (TPSA) is 60.9 Å². The Morgan fingerprint density at radius 3 is 2.35 bits per heavy atom. The molecule has 26 heavy (non-hydrogen) atoms. The quantitative estimate of drug-likeness (QED) is 0.695. The molecule has 2 fully saturated rings. The predicted molar refractivity (Wildman–Crippen MR) is 97.5 cm³/mol. The Labute approximate surface area is 155 Å². The molecular formula is C20H30N2O4. The highest BCUT2D eigenvalue weighted by Gasteiger charge is 2.56. The maximum Gasteiger partial charge on any atom is 0.339 e. The average molecular weight is 362 g/mol. The summed E-state index contributed by atoms with van der Waals surface area (Å²) in [5, 5.41) is 0. The van der Waals surface area contributed by atoms with Gasteiger partial charge in [0.05, 0.1) is 18.8 Å². The van der Waals surface area contributed by atoms with Gasteiger partial charge in [-0.2, -0.15) is 0 Å². The number of aromatic nitrogens is 1. The summed E-state index contributed by atoms with van der Waals surface area (Å²) in [5.41, 5.74) is 0.0718. The Morgan fingerprint density at radius 1 is 1.23 bits per heavy atom. The van der Waals surface area contributed by atoms with Crippen LogP contribution in [0.3, 0.4) is 0 Å². The largest absolute Gasteiger partial charge is 0.460 e. The summed E-state index contributed by atoms with van der Waals surface area (Å²) in [7, 11) is 0. The molecule has 0 N–H and O–H groups in total. The molecule has 3 rings (SSSR count). The van der Waals surface area contributed by atoms with E-state index in [-0.39, 0.29) is 25.0 Å². The van der Waals surface area contributed by atoms with Crippen LogP contribution in [-0.2, 0) is 14.2 Å². The molecule has 0 amide bonds. The van der Waals surface area contributed by atoms with Crippen LogP contribution >= 0.6 is 0 Å². The van der Waals surface area contributed by atoms with Gasteiger partial charge in [-0.05, 0) is 36.8 Å². The number of nitrogens with zero attached hydrogens (tertiary/aromatic N) is 2. The monoisotopic (exact) mass is 362 g/mol. The van der Waals surface area contributed by atoms with Gasteiger partial charge in [0, 0.05) is 12.4 Å². The molecule has 1 aromatic heterocycles. The zero-order valence-electron chi connectivity index (χ0n) is 16.2. The van der Waals surface area contributed by atoms with E-state index in [1.165, 1.54) is 6.20 Å². The lowest BCUT2D eigenvalue weighted by atomic mass is 10.00. The number of rotatable bonds is 7. The van der Waals surface area contributed by atoms with Crippen LogP contribution in [0, 0.1) is 11.8 Å². The van der Waals surface area contributed by atoms with Gasteiger partial charge < -0.3 is 14.2 Å². The van der Waals surface area contributed by atoms with Crippen molar-refractivity contribution in [3.05, 3.63) is 30.1 Å². The summed E-state index contributed by atoms with van der Waals surface area (Å²) in [6, 6.07) is 3.44. The molecule has 0 aromatic carbocycles. The number of fused-ring (bicyclic) bond motifs is 1. The summed E-state index contributed by atoms with van der Waals surface area (Å²) in [4.78, 5) is 18.6. The summed E-state index contributed by atoms with van der Waals surface area (Å²) in [5.74, 6) is 0.690. The van der Waals surface area contributed by atoms with E-state index < -0.39 is 5.54 Å². The van der Waals surface area contributed by atoms with Gasteiger partial charge in [-0.1, -0.05) is 27.7 Å². The minimum absolute atomic E-state index is 0.0124. The van der Waals surface area contributed by atoms with Gasteiger partial charge in [0.1, 0.15) is 24.6 Å². The predicted octanol–water partition coefficient (Wildman–Crippen LogP) is 3.08. The molecule has 3 heterocycles. The molecule has 0 unspecified atom stereocenters. The van der Waals surface area contributed by atoms with Crippen LogP contribution in [0.15, 0.2) is 24.5 Å². The van der Waals surface area contributed by atoms with Crippen molar-refractivity contribution in [1.29, 1.82) is 0 Å². The van der Waals surface area contributed by atoms with Crippen LogP contribution in [0.4, 0.5) is 0 Å².